The van der Waals surface area contributed by atoms with E-state index >= 15 is 0 Å². The van der Waals surface area contributed by atoms with Crippen LogP contribution in [-0.4, -0.2) is 55.3 Å². The van der Waals surface area contributed by atoms with Gasteiger partial charge < -0.3 is 14.5 Å². The van der Waals surface area contributed by atoms with Gasteiger partial charge in [0.2, 0.25) is 10.0 Å². The molecule has 30 heavy (non-hydrogen) atoms. The van der Waals surface area contributed by atoms with Crippen LogP contribution in [0.2, 0.25) is 5.02 Å². The molecular weight excluding hydrogens is 458 g/mol. The summed E-state index contributed by atoms with van der Waals surface area (Å²) in [6, 6.07) is 6.80. The maximum Gasteiger partial charge on any atom is 0.433 e. The minimum Gasteiger partial charge on any atom is -0.400 e. The molecule has 0 radical (unpaired) electrons. The highest BCUT2D eigenvalue weighted by Gasteiger charge is 2.27. The van der Waals surface area contributed by atoms with Gasteiger partial charge in [0.1, 0.15) is 4.92 Å². The lowest BCUT2D eigenvalue weighted by molar-refractivity contribution is -0.402. The number of nitrogens with one attached hydrogen (secondary N) is 2. The van der Waals surface area contributed by atoms with E-state index in [0.29, 0.717) is 13.2 Å². The number of hydrazone groups is 1. The predicted octanol–water partition coefficient (Wildman–Crippen LogP) is 2.18. The zero-order chi connectivity index (χ0) is 21.7. The summed E-state index contributed by atoms with van der Waals surface area (Å²) in [5, 5.41) is 17.4. The molecule has 1 aliphatic heterocycles. The van der Waals surface area contributed by atoms with Crippen LogP contribution in [0.3, 0.4) is 0 Å². The number of hydrogen-bond acceptors (Lipinski definition) is 8. The van der Waals surface area contributed by atoms with E-state index in [9.17, 15) is 18.5 Å². The molecule has 1 fully saturated rings. The van der Waals surface area contributed by atoms with Gasteiger partial charge in [0.05, 0.1) is 41.1 Å². The monoisotopic (exact) mass is 473 g/mol. The summed E-state index contributed by atoms with van der Waals surface area (Å²) in [5.74, 6) is -0.268. The Kier molecular flexibility index (Phi) is 6.99. The fourth-order valence-corrected chi connectivity index (χ4v) is 4.27. The lowest BCUT2D eigenvalue weighted by atomic mass is 10.3. The van der Waals surface area contributed by atoms with Crippen molar-refractivity contribution in [1.29, 1.82) is 0 Å². The quantitative estimate of drug-likeness (QED) is 0.279. The fraction of sp³-hybridized carbons (Fsp3) is 0.250. The van der Waals surface area contributed by atoms with Crippen molar-refractivity contribution in [2.45, 2.75) is 4.90 Å². The molecule has 1 aliphatic rings. The van der Waals surface area contributed by atoms with Crippen LogP contribution < -0.4 is 10.7 Å². The summed E-state index contributed by atoms with van der Waals surface area (Å²) < 4.78 is 37.0. The Balaban J connectivity index is 1.66. The van der Waals surface area contributed by atoms with Crippen molar-refractivity contribution in [3.8, 4) is 0 Å². The van der Waals surface area contributed by atoms with Crippen molar-refractivity contribution >= 4 is 56.7 Å². The van der Waals surface area contributed by atoms with Crippen LogP contribution in [0.5, 0.6) is 0 Å². The summed E-state index contributed by atoms with van der Waals surface area (Å²) in [6.07, 6.45) is 1.20. The fourth-order valence-electron chi connectivity index (χ4n) is 2.51. The minimum absolute atomic E-state index is 0.0233. The number of furan rings is 1. The lowest BCUT2D eigenvalue weighted by Crippen LogP contribution is -2.40. The Morgan fingerprint density at radius 1 is 1.30 bits per heavy atom. The van der Waals surface area contributed by atoms with Gasteiger partial charge in [-0.05, 0) is 36.5 Å². The number of halogens is 1. The first-order valence-electron chi connectivity index (χ1n) is 8.49. The summed E-state index contributed by atoms with van der Waals surface area (Å²) in [5.41, 5.74) is 2.76. The van der Waals surface area contributed by atoms with Gasteiger partial charge in [-0.15, -0.1) is 0 Å². The van der Waals surface area contributed by atoms with E-state index in [1.54, 1.807) is 0 Å². The van der Waals surface area contributed by atoms with Crippen molar-refractivity contribution in [1.82, 2.24) is 9.73 Å². The number of sulfonamides is 1. The molecule has 0 bridgehead atoms. The lowest BCUT2D eigenvalue weighted by Gasteiger charge is -2.26. The Hall–Kier alpha value is -2.58. The second kappa shape index (κ2) is 9.49. The van der Waals surface area contributed by atoms with Crippen molar-refractivity contribution in [3.05, 3.63) is 51.2 Å². The van der Waals surface area contributed by atoms with Crippen molar-refractivity contribution < 1.29 is 22.5 Å². The highest BCUT2D eigenvalue weighted by Crippen LogP contribution is 2.27. The number of nitro groups is 1. The Labute approximate surface area is 181 Å². The van der Waals surface area contributed by atoms with Crippen LogP contribution in [0.1, 0.15) is 5.76 Å². The predicted molar refractivity (Wildman–Crippen MR) is 113 cm³/mol. The molecule has 0 saturated carbocycles. The first-order chi connectivity index (χ1) is 14.3. The molecule has 11 nitrogen and oxygen atoms in total. The Morgan fingerprint density at radius 2 is 2.03 bits per heavy atom. The molecule has 0 spiro atoms. The van der Waals surface area contributed by atoms with E-state index in [4.69, 9.17) is 33.0 Å². The van der Waals surface area contributed by atoms with Gasteiger partial charge >= 0.3 is 5.88 Å². The van der Waals surface area contributed by atoms with Gasteiger partial charge in [0.15, 0.2) is 10.9 Å². The normalized spacial score (nSPS) is 15.2. The average molecular weight is 474 g/mol. The van der Waals surface area contributed by atoms with E-state index in [1.807, 2.05) is 0 Å². The first-order valence-corrected chi connectivity index (χ1v) is 10.7. The molecule has 14 heteroatoms. The van der Waals surface area contributed by atoms with Crippen LogP contribution in [0.4, 0.5) is 11.6 Å². The average Bonchev–Trinajstić information content (AvgIpc) is 3.19. The number of hydrogen-bond donors (Lipinski definition) is 2. The number of benzene rings is 1. The summed E-state index contributed by atoms with van der Waals surface area (Å²) in [6.45, 7) is 1.21. The molecule has 0 atom stereocenters. The summed E-state index contributed by atoms with van der Waals surface area (Å²) >= 11 is 11.3. The molecule has 3 rings (SSSR count). The summed E-state index contributed by atoms with van der Waals surface area (Å²) in [4.78, 5) is 9.98. The van der Waals surface area contributed by atoms with E-state index in [2.05, 4.69) is 15.8 Å². The third-order valence-corrected chi connectivity index (χ3v) is 6.36. The SMILES string of the molecule is O=[N+]([O-])c1ccc(/C=N/NC(=S)Nc2cc(S(=O)(=O)N3CCOCC3)ccc2Cl)o1. The second-order valence-corrected chi connectivity index (χ2v) is 8.67. The molecule has 2 N–H and O–H groups in total. The number of morpholine rings is 1. The second-order valence-electron chi connectivity index (χ2n) is 5.92. The number of anilines is 1. The van der Waals surface area contributed by atoms with E-state index in [-0.39, 0.29) is 39.6 Å². The first kappa shape index (κ1) is 22.1. The van der Waals surface area contributed by atoms with E-state index in [0.717, 1.165) is 0 Å². The van der Waals surface area contributed by atoms with Crippen molar-refractivity contribution in [3.63, 3.8) is 0 Å². The Morgan fingerprint density at radius 3 is 2.70 bits per heavy atom. The van der Waals surface area contributed by atoms with Crippen LogP contribution in [0.25, 0.3) is 0 Å². The zero-order valence-electron chi connectivity index (χ0n) is 15.3. The van der Waals surface area contributed by atoms with Gasteiger partial charge in [-0.2, -0.15) is 9.41 Å². The molecule has 2 heterocycles. The number of rotatable bonds is 6. The molecule has 0 unspecified atom stereocenters. The molecule has 0 amide bonds. The van der Waals surface area contributed by atoms with Gasteiger partial charge in [0.25, 0.3) is 0 Å². The van der Waals surface area contributed by atoms with Gasteiger partial charge in [-0.3, -0.25) is 15.5 Å². The van der Waals surface area contributed by atoms with Crippen molar-refractivity contribution in [2.24, 2.45) is 5.10 Å². The van der Waals surface area contributed by atoms with Crippen molar-refractivity contribution in [2.75, 3.05) is 31.6 Å². The molecule has 160 valence electrons. The van der Waals surface area contributed by atoms with Gasteiger partial charge in [0, 0.05) is 13.1 Å². The molecule has 2 aromatic rings. The van der Waals surface area contributed by atoms with Crippen LogP contribution in [-0.2, 0) is 14.8 Å². The smallest absolute Gasteiger partial charge is 0.400 e. The number of ether oxygens (including phenoxy) is 1. The molecule has 1 aromatic carbocycles. The third kappa shape index (κ3) is 5.31. The van der Waals surface area contributed by atoms with Gasteiger partial charge in [-0.25, -0.2) is 8.42 Å². The molecule has 0 aliphatic carbocycles. The maximum absolute atomic E-state index is 12.8. The maximum atomic E-state index is 12.8. The largest absolute Gasteiger partial charge is 0.433 e. The van der Waals surface area contributed by atoms with Crippen LogP contribution in [0.15, 0.2) is 44.7 Å². The van der Waals surface area contributed by atoms with E-state index < -0.39 is 20.8 Å². The number of nitrogens with zero attached hydrogens (tertiary/aromatic N) is 3. The molecule has 1 saturated heterocycles. The highest BCUT2D eigenvalue weighted by molar-refractivity contribution is 7.89. The summed E-state index contributed by atoms with van der Waals surface area (Å²) in [7, 11) is -3.70. The third-order valence-electron chi connectivity index (χ3n) is 3.94. The molecule has 1 aromatic heterocycles. The van der Waals surface area contributed by atoms with E-state index in [1.165, 1.54) is 40.9 Å². The number of thiocarbonyl (C=S) groups is 1. The van der Waals surface area contributed by atoms with Crippen LogP contribution in [0, 0.1) is 10.1 Å². The minimum atomic E-state index is -3.70. The topological polar surface area (TPSA) is 139 Å². The highest BCUT2D eigenvalue weighted by atomic mass is 35.5. The molecular formula is C16H16ClN5O6S2. The Bertz CT molecular complexity index is 1080. The van der Waals surface area contributed by atoms with Crippen LogP contribution >= 0.6 is 23.8 Å². The standard InChI is InChI=1S/C16H16ClN5O6S2/c17-13-3-2-12(30(25,26)21-5-7-27-8-6-21)9-14(13)19-16(29)20-18-10-11-1-4-15(28-11)22(23)24/h1-4,9-10H,5-8H2,(H2,19,20,29)/b18-10+. The van der Waals surface area contributed by atoms with Gasteiger partial charge in [-0.1, -0.05) is 11.6 Å². The zero-order valence-corrected chi connectivity index (χ0v) is 17.7.